The summed E-state index contributed by atoms with van der Waals surface area (Å²) in [6.45, 7) is 3.61. The maximum Gasteiger partial charge on any atom is 0.259 e. The Balaban J connectivity index is 1.72. The van der Waals surface area contributed by atoms with Crippen LogP contribution in [0.5, 0.6) is 5.88 Å². The molecule has 0 aliphatic heterocycles. The number of hydrogen-bond acceptors (Lipinski definition) is 6. The molecule has 0 spiro atoms. The fraction of sp³-hybridized carbons (Fsp3) is 0.316. The minimum absolute atomic E-state index is 0.0696. The molecule has 3 heterocycles. The van der Waals surface area contributed by atoms with Gasteiger partial charge in [0.1, 0.15) is 12.9 Å². The van der Waals surface area contributed by atoms with Crippen LogP contribution in [0.4, 0.5) is 0 Å². The largest absolute Gasteiger partial charge is 0.469 e. The molecule has 8 heteroatoms. The third-order valence-corrected chi connectivity index (χ3v) is 4.02. The summed E-state index contributed by atoms with van der Waals surface area (Å²) in [6.07, 6.45) is 9.13. The van der Waals surface area contributed by atoms with Gasteiger partial charge in [0, 0.05) is 31.2 Å². The van der Waals surface area contributed by atoms with Crippen LogP contribution in [-0.2, 0) is 11.2 Å². The first-order valence-electron chi connectivity index (χ1n) is 8.70. The molecule has 0 aliphatic carbocycles. The van der Waals surface area contributed by atoms with Gasteiger partial charge in [-0.25, -0.2) is 4.98 Å². The molecular formula is C19H21N5O3. The van der Waals surface area contributed by atoms with E-state index >= 15 is 0 Å². The SMILES string of the molecule is CC(C)c1c(OCC(=O)CCc2cccnc2)nc(-n2ccnc2)[nH]c1=O. The van der Waals surface area contributed by atoms with Gasteiger partial charge in [-0.1, -0.05) is 19.9 Å². The van der Waals surface area contributed by atoms with Crippen molar-refractivity contribution in [3.05, 3.63) is 64.7 Å². The van der Waals surface area contributed by atoms with Crippen LogP contribution in [0.25, 0.3) is 5.95 Å². The minimum Gasteiger partial charge on any atom is -0.469 e. The van der Waals surface area contributed by atoms with Crippen LogP contribution < -0.4 is 10.3 Å². The second-order valence-corrected chi connectivity index (χ2v) is 6.42. The van der Waals surface area contributed by atoms with Crippen LogP contribution in [0.3, 0.4) is 0 Å². The van der Waals surface area contributed by atoms with E-state index in [-0.39, 0.29) is 29.7 Å². The topological polar surface area (TPSA) is 103 Å². The maximum absolute atomic E-state index is 12.5. The molecule has 0 radical (unpaired) electrons. The lowest BCUT2D eigenvalue weighted by molar-refractivity contribution is -0.121. The molecule has 0 amide bonds. The summed E-state index contributed by atoms with van der Waals surface area (Å²) in [5, 5.41) is 0. The highest BCUT2D eigenvalue weighted by atomic mass is 16.5. The van der Waals surface area contributed by atoms with Gasteiger partial charge in [0.25, 0.3) is 5.56 Å². The summed E-state index contributed by atoms with van der Waals surface area (Å²) in [7, 11) is 0. The van der Waals surface area contributed by atoms with Crippen molar-refractivity contribution < 1.29 is 9.53 Å². The van der Waals surface area contributed by atoms with E-state index in [9.17, 15) is 9.59 Å². The molecule has 0 unspecified atom stereocenters. The fourth-order valence-corrected chi connectivity index (χ4v) is 2.63. The summed E-state index contributed by atoms with van der Waals surface area (Å²) in [6, 6.07) is 3.76. The monoisotopic (exact) mass is 367 g/mol. The number of ketones is 1. The van der Waals surface area contributed by atoms with E-state index in [1.54, 1.807) is 29.4 Å². The van der Waals surface area contributed by atoms with Gasteiger partial charge in [0.2, 0.25) is 11.8 Å². The van der Waals surface area contributed by atoms with Gasteiger partial charge >= 0.3 is 0 Å². The maximum atomic E-state index is 12.5. The number of pyridine rings is 1. The highest BCUT2D eigenvalue weighted by molar-refractivity contribution is 5.80. The van der Waals surface area contributed by atoms with Crippen LogP contribution in [-0.4, -0.2) is 36.9 Å². The number of aromatic nitrogens is 5. The zero-order chi connectivity index (χ0) is 19.2. The van der Waals surface area contributed by atoms with Crippen LogP contribution in [0, 0.1) is 0 Å². The minimum atomic E-state index is -0.290. The smallest absolute Gasteiger partial charge is 0.259 e. The molecule has 27 heavy (non-hydrogen) atoms. The Labute approximate surface area is 156 Å². The number of aromatic amines is 1. The zero-order valence-electron chi connectivity index (χ0n) is 15.3. The molecule has 3 aromatic rings. The van der Waals surface area contributed by atoms with Crippen molar-refractivity contribution >= 4 is 5.78 Å². The summed E-state index contributed by atoms with van der Waals surface area (Å²) in [5.41, 5.74) is 1.12. The second kappa shape index (κ2) is 8.39. The standard InChI is InChI=1S/C19H21N5O3/c1-13(2)16-17(26)22-19(24-9-8-21-12-24)23-18(16)27-11-15(25)6-5-14-4-3-7-20-10-14/h3-4,7-10,12-13H,5-6,11H2,1-2H3,(H,22,23,26). The van der Waals surface area contributed by atoms with E-state index in [1.165, 1.54) is 6.33 Å². The Morgan fingerprint density at radius 3 is 2.81 bits per heavy atom. The number of carbonyl (C=O) groups is 1. The number of H-pyrrole nitrogens is 1. The number of imidazole rings is 1. The van der Waals surface area contributed by atoms with Crippen molar-refractivity contribution in [3.63, 3.8) is 0 Å². The highest BCUT2D eigenvalue weighted by Crippen LogP contribution is 2.21. The van der Waals surface area contributed by atoms with E-state index in [2.05, 4.69) is 19.9 Å². The quantitative estimate of drug-likeness (QED) is 0.654. The highest BCUT2D eigenvalue weighted by Gasteiger charge is 2.18. The van der Waals surface area contributed by atoms with Gasteiger partial charge in [-0.2, -0.15) is 4.98 Å². The molecule has 1 N–H and O–H groups in total. The third kappa shape index (κ3) is 4.66. The number of ether oxygens (including phenoxy) is 1. The lowest BCUT2D eigenvalue weighted by Crippen LogP contribution is -2.22. The first kappa shape index (κ1) is 18.5. The second-order valence-electron chi connectivity index (χ2n) is 6.42. The molecule has 3 rings (SSSR count). The van der Waals surface area contributed by atoms with Crippen molar-refractivity contribution in [2.45, 2.75) is 32.6 Å². The Kier molecular flexibility index (Phi) is 5.75. The molecule has 0 atom stereocenters. The first-order chi connectivity index (χ1) is 13.0. The van der Waals surface area contributed by atoms with E-state index in [4.69, 9.17) is 4.74 Å². The van der Waals surface area contributed by atoms with Crippen LogP contribution in [0.1, 0.15) is 37.3 Å². The Bertz CT molecular complexity index is 949. The molecule has 0 bridgehead atoms. The third-order valence-electron chi connectivity index (χ3n) is 4.02. The molecule has 0 aliphatic rings. The number of nitrogens with zero attached hydrogens (tertiary/aromatic N) is 4. The van der Waals surface area contributed by atoms with Gasteiger partial charge in [0.05, 0.1) is 5.56 Å². The van der Waals surface area contributed by atoms with Gasteiger partial charge in [-0.3, -0.25) is 24.1 Å². The predicted octanol–water partition coefficient (Wildman–Crippen LogP) is 2.05. The van der Waals surface area contributed by atoms with Crippen molar-refractivity contribution in [3.8, 4) is 11.8 Å². The molecule has 140 valence electrons. The first-order valence-corrected chi connectivity index (χ1v) is 8.70. The number of nitrogens with one attached hydrogen (secondary N) is 1. The molecular weight excluding hydrogens is 346 g/mol. The van der Waals surface area contributed by atoms with Gasteiger partial charge in [0.15, 0.2) is 5.78 Å². The van der Waals surface area contributed by atoms with Gasteiger partial charge in [-0.15, -0.1) is 0 Å². The van der Waals surface area contributed by atoms with Crippen molar-refractivity contribution in [2.75, 3.05) is 6.61 Å². The molecule has 3 aromatic heterocycles. The lowest BCUT2D eigenvalue weighted by atomic mass is 10.1. The Hall–Kier alpha value is -3.29. The lowest BCUT2D eigenvalue weighted by Gasteiger charge is -2.13. The van der Waals surface area contributed by atoms with Crippen LogP contribution >= 0.6 is 0 Å². The Morgan fingerprint density at radius 1 is 1.30 bits per heavy atom. The number of aryl methyl sites for hydroxylation is 1. The average molecular weight is 367 g/mol. The molecule has 0 aromatic carbocycles. The molecule has 0 saturated carbocycles. The number of rotatable bonds is 8. The summed E-state index contributed by atoms with van der Waals surface area (Å²) in [5.74, 6) is 0.297. The van der Waals surface area contributed by atoms with Crippen LogP contribution in [0.15, 0.2) is 48.0 Å². The molecule has 0 fully saturated rings. The van der Waals surface area contributed by atoms with E-state index in [0.717, 1.165) is 5.56 Å². The average Bonchev–Trinajstić information content (AvgIpc) is 3.19. The van der Waals surface area contributed by atoms with Gasteiger partial charge in [-0.05, 0) is 24.0 Å². The van der Waals surface area contributed by atoms with E-state index in [0.29, 0.717) is 24.4 Å². The molecule has 8 nitrogen and oxygen atoms in total. The van der Waals surface area contributed by atoms with Gasteiger partial charge < -0.3 is 4.74 Å². The van der Waals surface area contributed by atoms with Crippen molar-refractivity contribution in [1.82, 2.24) is 24.5 Å². The van der Waals surface area contributed by atoms with Crippen molar-refractivity contribution in [2.24, 2.45) is 0 Å². The predicted molar refractivity (Wildman–Crippen MR) is 99.1 cm³/mol. The number of carbonyl (C=O) groups excluding carboxylic acids is 1. The zero-order valence-corrected chi connectivity index (χ0v) is 15.3. The normalized spacial score (nSPS) is 10.9. The summed E-state index contributed by atoms with van der Waals surface area (Å²) >= 11 is 0. The molecule has 0 saturated heterocycles. The summed E-state index contributed by atoms with van der Waals surface area (Å²) in [4.78, 5) is 39.7. The Morgan fingerprint density at radius 2 is 2.15 bits per heavy atom. The van der Waals surface area contributed by atoms with Crippen molar-refractivity contribution in [1.29, 1.82) is 0 Å². The summed E-state index contributed by atoms with van der Waals surface area (Å²) < 4.78 is 7.21. The number of hydrogen-bond donors (Lipinski definition) is 1. The van der Waals surface area contributed by atoms with Crippen LogP contribution in [0.2, 0.25) is 0 Å². The number of Topliss-reactive ketones (excluding diaryl/α,β-unsaturated/α-hetero) is 1. The fourth-order valence-electron chi connectivity index (χ4n) is 2.63. The van der Waals surface area contributed by atoms with E-state index < -0.39 is 0 Å². The van der Waals surface area contributed by atoms with E-state index in [1.807, 2.05) is 26.0 Å².